The number of fused-ring (bicyclic) bond motifs is 1. The molecule has 25 heavy (non-hydrogen) atoms. The van der Waals surface area contributed by atoms with Gasteiger partial charge in [0.15, 0.2) is 0 Å². The summed E-state index contributed by atoms with van der Waals surface area (Å²) in [5.74, 6) is -1.26. The molecular formula is C22H30O3. The van der Waals surface area contributed by atoms with E-state index in [0.717, 1.165) is 18.4 Å². The molecule has 2 fully saturated rings. The highest BCUT2D eigenvalue weighted by Gasteiger charge is 2.54. The minimum atomic E-state index is -0.856. The third kappa shape index (κ3) is 3.65. The molecule has 3 nitrogen and oxygen atoms in total. The standard InChI is InChI=1S/C22H30O3/c1-21-10-6-7-11-22(21,2)15-18(14-21)19(23)13-17(20(24)25)12-16-8-4-3-5-9-16/h3-5,8-9,17-18H,6-7,10-15H2,1-2H3,(H,24,25)/t17-,18?,21-,22+/m0/s1. The van der Waals surface area contributed by atoms with E-state index in [1.807, 2.05) is 30.3 Å². The monoisotopic (exact) mass is 342 g/mol. The predicted molar refractivity (Wildman–Crippen MR) is 98.3 cm³/mol. The lowest BCUT2D eigenvalue weighted by Gasteiger charge is -2.45. The van der Waals surface area contributed by atoms with Crippen molar-refractivity contribution >= 4 is 11.8 Å². The van der Waals surface area contributed by atoms with E-state index in [1.165, 1.54) is 25.7 Å². The van der Waals surface area contributed by atoms with Crippen molar-refractivity contribution in [1.29, 1.82) is 0 Å². The Labute approximate surface area is 150 Å². The van der Waals surface area contributed by atoms with Crippen LogP contribution in [0.15, 0.2) is 30.3 Å². The first kappa shape index (κ1) is 18.2. The first-order chi connectivity index (χ1) is 11.8. The van der Waals surface area contributed by atoms with Crippen LogP contribution in [-0.4, -0.2) is 16.9 Å². The highest BCUT2D eigenvalue weighted by atomic mass is 16.4. The Hall–Kier alpha value is -1.64. The van der Waals surface area contributed by atoms with Crippen LogP contribution >= 0.6 is 0 Å². The number of carbonyl (C=O) groups is 2. The second-order valence-corrected chi connectivity index (χ2v) is 8.83. The van der Waals surface area contributed by atoms with Crippen molar-refractivity contribution in [2.24, 2.45) is 22.7 Å². The van der Waals surface area contributed by atoms with Gasteiger partial charge in [0.25, 0.3) is 0 Å². The molecule has 1 N–H and O–H groups in total. The van der Waals surface area contributed by atoms with Gasteiger partial charge in [-0.1, -0.05) is 57.0 Å². The van der Waals surface area contributed by atoms with Crippen LogP contribution in [0.2, 0.25) is 0 Å². The SMILES string of the molecule is C[C@@]12CCCC[C@]1(C)CC(C(=O)C[C@H](Cc1ccccc1)C(=O)O)C2. The summed E-state index contributed by atoms with van der Waals surface area (Å²) in [6.45, 7) is 4.69. The second-order valence-electron chi connectivity index (χ2n) is 8.83. The molecule has 1 aromatic rings. The highest BCUT2D eigenvalue weighted by molar-refractivity contribution is 5.86. The van der Waals surface area contributed by atoms with Crippen LogP contribution in [0.1, 0.15) is 64.4 Å². The topological polar surface area (TPSA) is 54.4 Å². The van der Waals surface area contributed by atoms with Crippen LogP contribution < -0.4 is 0 Å². The number of hydrogen-bond acceptors (Lipinski definition) is 2. The summed E-state index contributed by atoms with van der Waals surface area (Å²) in [4.78, 5) is 24.6. The van der Waals surface area contributed by atoms with Crippen LogP contribution in [0.3, 0.4) is 0 Å². The van der Waals surface area contributed by atoms with Gasteiger partial charge in [-0.25, -0.2) is 0 Å². The molecule has 136 valence electrons. The Morgan fingerprint density at radius 3 is 2.16 bits per heavy atom. The summed E-state index contributed by atoms with van der Waals surface area (Å²) in [6.07, 6.45) is 7.43. The van der Waals surface area contributed by atoms with Gasteiger partial charge in [-0.15, -0.1) is 0 Å². The summed E-state index contributed by atoms with van der Waals surface area (Å²) in [5, 5.41) is 9.58. The average Bonchev–Trinajstić information content (AvgIpc) is 2.86. The first-order valence-corrected chi connectivity index (χ1v) is 9.62. The molecular weight excluding hydrogens is 312 g/mol. The Kier molecular flexibility index (Phi) is 5.04. The first-order valence-electron chi connectivity index (χ1n) is 9.62. The fraction of sp³-hybridized carbons (Fsp3) is 0.636. The molecule has 0 spiro atoms. The molecule has 0 heterocycles. The van der Waals surface area contributed by atoms with Crippen LogP contribution in [0.4, 0.5) is 0 Å². The predicted octanol–water partition coefficient (Wildman–Crippen LogP) is 4.89. The lowest BCUT2D eigenvalue weighted by Crippen LogP contribution is -2.35. The van der Waals surface area contributed by atoms with Gasteiger partial charge >= 0.3 is 5.97 Å². The number of ketones is 1. The zero-order valence-electron chi connectivity index (χ0n) is 15.5. The maximum atomic E-state index is 12.9. The van der Waals surface area contributed by atoms with Crippen molar-refractivity contribution < 1.29 is 14.7 Å². The summed E-state index contributed by atoms with van der Waals surface area (Å²) in [6, 6.07) is 9.63. The van der Waals surface area contributed by atoms with Crippen molar-refractivity contribution in [3.63, 3.8) is 0 Å². The normalized spacial score (nSPS) is 32.8. The molecule has 1 aromatic carbocycles. The van der Waals surface area contributed by atoms with Gasteiger partial charge in [0.05, 0.1) is 5.92 Å². The number of rotatable bonds is 6. The molecule has 0 bridgehead atoms. The molecule has 2 aliphatic carbocycles. The van der Waals surface area contributed by atoms with Crippen LogP contribution in [0.25, 0.3) is 0 Å². The summed E-state index contributed by atoms with van der Waals surface area (Å²) < 4.78 is 0. The lowest BCUT2D eigenvalue weighted by atomic mass is 9.60. The van der Waals surface area contributed by atoms with Crippen LogP contribution in [0, 0.1) is 22.7 Å². The molecule has 0 radical (unpaired) electrons. The third-order valence-electron chi connectivity index (χ3n) is 7.14. The quantitative estimate of drug-likeness (QED) is 0.801. The number of Topliss-reactive ketones (excluding diaryl/α,β-unsaturated/α-hetero) is 1. The molecule has 4 atom stereocenters. The van der Waals surface area contributed by atoms with Gasteiger partial charge in [-0.2, -0.15) is 0 Å². The average molecular weight is 342 g/mol. The third-order valence-corrected chi connectivity index (χ3v) is 7.14. The van der Waals surface area contributed by atoms with Crippen molar-refractivity contribution in [2.75, 3.05) is 0 Å². The van der Waals surface area contributed by atoms with E-state index in [-0.39, 0.29) is 29.0 Å². The molecule has 3 heteroatoms. The van der Waals surface area contributed by atoms with E-state index in [4.69, 9.17) is 0 Å². The smallest absolute Gasteiger partial charge is 0.307 e. The van der Waals surface area contributed by atoms with E-state index >= 15 is 0 Å². The summed E-state index contributed by atoms with van der Waals surface area (Å²) in [7, 11) is 0. The maximum Gasteiger partial charge on any atom is 0.307 e. The largest absolute Gasteiger partial charge is 0.481 e. The van der Waals surface area contributed by atoms with E-state index in [0.29, 0.717) is 6.42 Å². The number of carboxylic acid groups (broad SMARTS) is 1. The van der Waals surface area contributed by atoms with Crippen LogP contribution in [0.5, 0.6) is 0 Å². The Morgan fingerprint density at radius 1 is 1.08 bits per heavy atom. The fourth-order valence-corrected chi connectivity index (χ4v) is 5.27. The second kappa shape index (κ2) is 6.93. The highest BCUT2D eigenvalue weighted by Crippen LogP contribution is 2.62. The minimum absolute atomic E-state index is 0.0470. The maximum absolute atomic E-state index is 12.9. The summed E-state index contributed by atoms with van der Waals surface area (Å²) >= 11 is 0. The van der Waals surface area contributed by atoms with E-state index in [1.54, 1.807) is 0 Å². The van der Waals surface area contributed by atoms with Crippen LogP contribution in [-0.2, 0) is 16.0 Å². The number of carboxylic acids is 1. The zero-order chi connectivity index (χ0) is 18.1. The van der Waals surface area contributed by atoms with Gasteiger partial charge in [0, 0.05) is 12.3 Å². The van der Waals surface area contributed by atoms with Gasteiger partial charge in [0.1, 0.15) is 5.78 Å². The summed E-state index contributed by atoms with van der Waals surface area (Å²) in [5.41, 5.74) is 1.50. The van der Waals surface area contributed by atoms with E-state index in [9.17, 15) is 14.7 Å². The fourth-order valence-electron chi connectivity index (χ4n) is 5.27. The number of benzene rings is 1. The van der Waals surface area contributed by atoms with Crippen molar-refractivity contribution in [2.45, 2.75) is 65.2 Å². The van der Waals surface area contributed by atoms with Gasteiger partial charge in [-0.05, 0) is 48.5 Å². The molecule has 0 saturated heterocycles. The number of aliphatic carboxylic acids is 1. The number of carbonyl (C=O) groups excluding carboxylic acids is 1. The minimum Gasteiger partial charge on any atom is -0.481 e. The van der Waals surface area contributed by atoms with Crippen molar-refractivity contribution in [3.05, 3.63) is 35.9 Å². The Balaban J connectivity index is 1.67. The molecule has 0 aromatic heterocycles. The van der Waals surface area contributed by atoms with Gasteiger partial charge < -0.3 is 5.11 Å². The Morgan fingerprint density at radius 2 is 1.64 bits per heavy atom. The van der Waals surface area contributed by atoms with E-state index < -0.39 is 11.9 Å². The molecule has 2 aliphatic rings. The molecule has 1 unspecified atom stereocenters. The molecule has 3 rings (SSSR count). The van der Waals surface area contributed by atoms with E-state index in [2.05, 4.69) is 13.8 Å². The van der Waals surface area contributed by atoms with Gasteiger partial charge in [-0.3, -0.25) is 9.59 Å². The molecule has 2 saturated carbocycles. The number of hydrogen-bond donors (Lipinski definition) is 1. The van der Waals surface area contributed by atoms with Crippen molar-refractivity contribution in [3.8, 4) is 0 Å². The van der Waals surface area contributed by atoms with Crippen molar-refractivity contribution in [1.82, 2.24) is 0 Å². The zero-order valence-corrected chi connectivity index (χ0v) is 15.5. The lowest BCUT2D eigenvalue weighted by molar-refractivity contribution is -0.144. The molecule has 0 amide bonds. The van der Waals surface area contributed by atoms with Gasteiger partial charge in [0.2, 0.25) is 0 Å². The Bertz CT molecular complexity index is 618. The molecule has 0 aliphatic heterocycles.